The van der Waals surface area contributed by atoms with E-state index in [0.29, 0.717) is 6.54 Å². The first kappa shape index (κ1) is 19.0. The molecule has 4 aliphatic carbocycles. The largest absolute Gasteiger partial charge is 0.386 e. The van der Waals surface area contributed by atoms with Crippen LogP contribution in [-0.4, -0.2) is 11.9 Å². The zero-order valence-electron chi connectivity index (χ0n) is 16.4. The van der Waals surface area contributed by atoms with Crippen molar-refractivity contribution in [2.24, 2.45) is 23.2 Å². The normalized spacial score (nSPS) is 31.9. The number of rotatable bonds is 6. The number of nitrogens with one attached hydrogen (secondary N) is 2. The number of benzene rings is 1. The van der Waals surface area contributed by atoms with Gasteiger partial charge in [-0.1, -0.05) is 12.1 Å². The zero-order chi connectivity index (χ0) is 19.7. The molecule has 5 heteroatoms. The SMILES string of the molecule is CC(NC(=O)/C(C#N)=C\NCc1cccc(F)c1)C12CC3CC(CC(C3)C1)C2. The summed E-state index contributed by atoms with van der Waals surface area (Å²) in [7, 11) is 0. The lowest BCUT2D eigenvalue weighted by Gasteiger charge is -2.59. The molecule has 5 rings (SSSR count). The lowest BCUT2D eigenvalue weighted by atomic mass is 9.48. The van der Waals surface area contributed by atoms with Crippen LogP contribution in [0.1, 0.15) is 51.0 Å². The number of carbonyl (C=O) groups excluding carboxylic acids is 1. The van der Waals surface area contributed by atoms with E-state index in [2.05, 4.69) is 17.6 Å². The van der Waals surface area contributed by atoms with E-state index in [-0.39, 0.29) is 28.8 Å². The summed E-state index contributed by atoms with van der Waals surface area (Å²) in [4.78, 5) is 12.7. The zero-order valence-corrected chi connectivity index (χ0v) is 16.4. The molecule has 0 aliphatic heterocycles. The first-order valence-corrected chi connectivity index (χ1v) is 10.4. The van der Waals surface area contributed by atoms with Gasteiger partial charge in [-0.2, -0.15) is 5.26 Å². The quantitative estimate of drug-likeness (QED) is 0.577. The molecule has 4 aliphatic rings. The molecule has 4 saturated carbocycles. The molecule has 1 aromatic carbocycles. The Morgan fingerprint density at radius 1 is 1.29 bits per heavy atom. The highest BCUT2D eigenvalue weighted by Gasteiger charge is 2.53. The highest BCUT2D eigenvalue weighted by molar-refractivity contribution is 5.97. The van der Waals surface area contributed by atoms with E-state index in [4.69, 9.17) is 0 Å². The minimum Gasteiger partial charge on any atom is -0.386 e. The molecule has 4 bridgehead atoms. The topological polar surface area (TPSA) is 64.9 Å². The monoisotopic (exact) mass is 381 g/mol. The second-order valence-corrected chi connectivity index (χ2v) is 9.16. The maximum absolute atomic E-state index is 13.2. The van der Waals surface area contributed by atoms with Gasteiger partial charge < -0.3 is 10.6 Å². The average Bonchev–Trinajstić information content (AvgIpc) is 2.64. The van der Waals surface area contributed by atoms with E-state index in [1.54, 1.807) is 12.1 Å². The fraction of sp³-hybridized carbons (Fsp3) is 0.565. The Morgan fingerprint density at radius 3 is 2.50 bits per heavy atom. The lowest BCUT2D eigenvalue weighted by Crippen LogP contribution is -2.56. The summed E-state index contributed by atoms with van der Waals surface area (Å²) in [5, 5.41) is 15.5. The van der Waals surface area contributed by atoms with Crippen molar-refractivity contribution in [1.29, 1.82) is 5.26 Å². The number of amides is 1. The second-order valence-electron chi connectivity index (χ2n) is 9.16. The minimum atomic E-state index is -0.322. The molecule has 1 amide bonds. The number of hydrogen-bond donors (Lipinski definition) is 2. The summed E-state index contributed by atoms with van der Waals surface area (Å²) in [5.74, 6) is 1.85. The van der Waals surface area contributed by atoms with Crippen LogP contribution < -0.4 is 10.6 Å². The van der Waals surface area contributed by atoms with Gasteiger partial charge in [0.2, 0.25) is 0 Å². The summed E-state index contributed by atoms with van der Waals surface area (Å²) >= 11 is 0. The standard InChI is InChI=1S/C23H28FN3O/c1-15(23-9-17-5-18(10-23)7-19(6-17)11-23)27-22(28)20(12-25)14-26-13-16-3-2-4-21(24)8-16/h2-4,8,14-15,17-19,26H,5-7,9-11,13H2,1H3,(H,27,28)/b20-14-. The minimum absolute atomic E-state index is 0.0629. The molecule has 1 atom stereocenters. The molecular weight excluding hydrogens is 353 g/mol. The average molecular weight is 381 g/mol. The van der Waals surface area contributed by atoms with Crippen molar-refractivity contribution in [3.05, 3.63) is 47.4 Å². The Morgan fingerprint density at radius 2 is 1.93 bits per heavy atom. The van der Waals surface area contributed by atoms with Crippen LogP contribution in [0.4, 0.5) is 4.39 Å². The van der Waals surface area contributed by atoms with Gasteiger partial charge in [-0.3, -0.25) is 4.79 Å². The van der Waals surface area contributed by atoms with Crippen LogP contribution in [0, 0.1) is 40.3 Å². The smallest absolute Gasteiger partial charge is 0.263 e. The number of carbonyl (C=O) groups is 1. The van der Waals surface area contributed by atoms with Crippen molar-refractivity contribution < 1.29 is 9.18 Å². The molecule has 0 heterocycles. The highest BCUT2D eigenvalue weighted by Crippen LogP contribution is 2.61. The van der Waals surface area contributed by atoms with Gasteiger partial charge in [-0.25, -0.2) is 4.39 Å². The van der Waals surface area contributed by atoms with Crippen molar-refractivity contribution in [2.45, 2.75) is 58.0 Å². The van der Waals surface area contributed by atoms with Gasteiger partial charge in [0.1, 0.15) is 17.5 Å². The van der Waals surface area contributed by atoms with E-state index >= 15 is 0 Å². The molecule has 1 unspecified atom stereocenters. The lowest BCUT2D eigenvalue weighted by molar-refractivity contribution is -0.122. The highest BCUT2D eigenvalue weighted by atomic mass is 19.1. The molecule has 4 nitrogen and oxygen atoms in total. The van der Waals surface area contributed by atoms with Crippen LogP contribution in [-0.2, 0) is 11.3 Å². The molecule has 2 N–H and O–H groups in total. The summed E-state index contributed by atoms with van der Waals surface area (Å²) in [5.41, 5.74) is 1.03. The second kappa shape index (κ2) is 7.58. The first-order valence-electron chi connectivity index (χ1n) is 10.4. The number of nitrogens with zero attached hydrogens (tertiary/aromatic N) is 1. The van der Waals surface area contributed by atoms with E-state index in [1.165, 1.54) is 56.9 Å². The van der Waals surface area contributed by atoms with E-state index in [0.717, 1.165) is 23.3 Å². The number of hydrogen-bond acceptors (Lipinski definition) is 3. The third-order valence-corrected chi connectivity index (χ3v) is 7.16. The Labute approximate surface area is 166 Å². The molecule has 28 heavy (non-hydrogen) atoms. The fourth-order valence-corrected chi connectivity index (χ4v) is 6.20. The molecule has 0 saturated heterocycles. The molecular formula is C23H28FN3O. The van der Waals surface area contributed by atoms with Gasteiger partial charge in [0.15, 0.2) is 0 Å². The van der Waals surface area contributed by atoms with Crippen molar-refractivity contribution in [2.75, 3.05) is 0 Å². The van der Waals surface area contributed by atoms with E-state index in [1.807, 2.05) is 6.07 Å². The predicted octanol–water partition coefficient (Wildman–Crippen LogP) is 4.04. The summed E-state index contributed by atoms with van der Waals surface area (Å²) < 4.78 is 13.2. The molecule has 0 aromatic heterocycles. The first-order chi connectivity index (χ1) is 13.5. The number of halogens is 1. The Kier molecular flexibility index (Phi) is 5.14. The maximum Gasteiger partial charge on any atom is 0.263 e. The third-order valence-electron chi connectivity index (χ3n) is 7.16. The van der Waals surface area contributed by atoms with Crippen molar-refractivity contribution >= 4 is 5.91 Å². The van der Waals surface area contributed by atoms with Crippen LogP contribution in [0.25, 0.3) is 0 Å². The third kappa shape index (κ3) is 3.78. The molecule has 0 spiro atoms. The maximum atomic E-state index is 13.2. The van der Waals surface area contributed by atoms with E-state index < -0.39 is 0 Å². The van der Waals surface area contributed by atoms with E-state index in [9.17, 15) is 14.4 Å². The molecule has 4 fully saturated rings. The Bertz CT molecular complexity index is 790. The van der Waals surface area contributed by atoms with Crippen LogP contribution in [0.3, 0.4) is 0 Å². The fourth-order valence-electron chi connectivity index (χ4n) is 6.20. The van der Waals surface area contributed by atoms with Gasteiger partial charge in [0, 0.05) is 18.8 Å². The van der Waals surface area contributed by atoms with Gasteiger partial charge in [-0.15, -0.1) is 0 Å². The molecule has 148 valence electrons. The van der Waals surface area contributed by atoms with Crippen molar-refractivity contribution in [3.63, 3.8) is 0 Å². The predicted molar refractivity (Wildman–Crippen MR) is 105 cm³/mol. The van der Waals surface area contributed by atoms with Crippen LogP contribution in [0.15, 0.2) is 36.0 Å². The van der Waals surface area contributed by atoms with Gasteiger partial charge >= 0.3 is 0 Å². The van der Waals surface area contributed by atoms with Gasteiger partial charge in [0.05, 0.1) is 0 Å². The van der Waals surface area contributed by atoms with Gasteiger partial charge in [0.25, 0.3) is 5.91 Å². The van der Waals surface area contributed by atoms with Crippen LogP contribution in [0.5, 0.6) is 0 Å². The number of nitriles is 1. The van der Waals surface area contributed by atoms with Crippen molar-refractivity contribution in [3.8, 4) is 6.07 Å². The Hall–Kier alpha value is -2.35. The van der Waals surface area contributed by atoms with Gasteiger partial charge in [-0.05, 0) is 86.3 Å². The Balaban J connectivity index is 1.37. The van der Waals surface area contributed by atoms with Crippen LogP contribution >= 0.6 is 0 Å². The van der Waals surface area contributed by atoms with Crippen molar-refractivity contribution in [1.82, 2.24) is 10.6 Å². The van der Waals surface area contributed by atoms with Crippen LogP contribution in [0.2, 0.25) is 0 Å². The summed E-state index contributed by atoms with van der Waals surface area (Å²) in [6.07, 6.45) is 9.18. The molecule has 1 aromatic rings. The molecule has 0 radical (unpaired) electrons. The summed E-state index contributed by atoms with van der Waals surface area (Å²) in [6.45, 7) is 2.47. The summed E-state index contributed by atoms with van der Waals surface area (Å²) in [6, 6.07) is 8.33.